The van der Waals surface area contributed by atoms with E-state index in [-0.39, 0.29) is 36.6 Å². The Hall–Kier alpha value is -0.720. The fraction of sp³-hybridized carbons (Fsp3) is 0.667. The fourth-order valence-corrected chi connectivity index (χ4v) is 1.14. The van der Waals surface area contributed by atoms with Crippen LogP contribution in [-0.4, -0.2) is 37.0 Å². The van der Waals surface area contributed by atoms with E-state index in [4.69, 9.17) is 10.9 Å². The second-order valence-corrected chi connectivity index (χ2v) is 2.47. The topological polar surface area (TPSA) is 92.2 Å². The van der Waals surface area contributed by atoms with Crippen molar-refractivity contribution in [2.75, 3.05) is 20.2 Å². The number of halogens is 2. The average Bonchev–Trinajstić information content (AvgIpc) is 2.52. The maximum Gasteiger partial charge on any atom is 0.149 e. The van der Waals surface area contributed by atoms with Crippen molar-refractivity contribution in [1.29, 1.82) is 0 Å². The van der Waals surface area contributed by atoms with E-state index in [1.807, 2.05) is 0 Å². The molecule has 1 aliphatic rings. The lowest BCUT2D eigenvalue weighted by molar-refractivity contribution is 0.212. The Balaban J connectivity index is 0. The molecule has 1 rings (SSSR count). The number of nitrogens with zero attached hydrogens (tertiary/aromatic N) is 2. The molecule has 0 aliphatic carbocycles. The van der Waals surface area contributed by atoms with Gasteiger partial charge in [-0.25, -0.2) is 0 Å². The van der Waals surface area contributed by atoms with E-state index in [0.717, 1.165) is 5.71 Å². The van der Waals surface area contributed by atoms with Crippen LogP contribution in [0.3, 0.4) is 0 Å². The minimum atomic E-state index is -0.144. The first-order valence-electron chi connectivity index (χ1n) is 3.57. The van der Waals surface area contributed by atoms with Crippen LogP contribution in [0.15, 0.2) is 10.3 Å². The molecule has 1 fully saturated rings. The van der Waals surface area contributed by atoms with Gasteiger partial charge in [0, 0.05) is 13.1 Å². The van der Waals surface area contributed by atoms with Gasteiger partial charge in [0.25, 0.3) is 0 Å². The minimum absolute atomic E-state index is 0. The highest BCUT2D eigenvalue weighted by Crippen LogP contribution is 2.05. The summed E-state index contributed by atoms with van der Waals surface area (Å²) in [7, 11) is 1.47. The van der Waals surface area contributed by atoms with Crippen molar-refractivity contribution in [2.45, 2.75) is 0 Å². The Kier molecular flexibility index (Phi) is 8.61. The van der Waals surface area contributed by atoms with Crippen LogP contribution in [0.25, 0.3) is 0 Å². The van der Waals surface area contributed by atoms with Crippen LogP contribution in [0, 0.1) is 5.92 Å². The van der Waals surface area contributed by atoms with Crippen molar-refractivity contribution in [3.63, 3.8) is 0 Å². The van der Waals surface area contributed by atoms with Crippen molar-refractivity contribution in [2.24, 2.45) is 22.0 Å². The van der Waals surface area contributed by atoms with Crippen LogP contribution in [0.4, 0.5) is 0 Å². The Morgan fingerprint density at radius 3 is 2.79 bits per heavy atom. The van der Waals surface area contributed by atoms with Crippen molar-refractivity contribution >= 4 is 36.4 Å². The first-order valence-corrected chi connectivity index (χ1v) is 3.57. The van der Waals surface area contributed by atoms with Gasteiger partial charge in [-0.1, -0.05) is 10.3 Å². The monoisotopic (exact) mass is 244 g/mol. The van der Waals surface area contributed by atoms with E-state index < -0.39 is 0 Å². The highest BCUT2D eigenvalue weighted by molar-refractivity contribution is 6.08. The third kappa shape index (κ3) is 3.57. The molecule has 0 radical (unpaired) electrons. The number of nitrogens with one attached hydrogen (secondary N) is 1. The zero-order chi connectivity index (χ0) is 8.97. The molecule has 1 heterocycles. The first-order chi connectivity index (χ1) is 5.79. The van der Waals surface area contributed by atoms with Gasteiger partial charge >= 0.3 is 0 Å². The molecule has 0 aromatic heterocycles. The van der Waals surface area contributed by atoms with Crippen LogP contribution in [0.5, 0.6) is 0 Å². The molecule has 0 saturated carbocycles. The van der Waals surface area contributed by atoms with E-state index in [9.17, 15) is 0 Å². The van der Waals surface area contributed by atoms with Crippen LogP contribution in [-0.2, 0) is 4.84 Å². The molecular formula is C6H14Cl2N4O2. The van der Waals surface area contributed by atoms with Gasteiger partial charge in [-0.3, -0.25) is 0 Å². The predicted octanol–water partition coefficient (Wildman–Crippen LogP) is -0.202. The summed E-state index contributed by atoms with van der Waals surface area (Å²) in [4.78, 5) is 4.61. The molecule has 0 bridgehead atoms. The first kappa shape index (κ1) is 15.7. The van der Waals surface area contributed by atoms with Crippen LogP contribution in [0.1, 0.15) is 0 Å². The zero-order valence-electron chi connectivity index (χ0n) is 7.64. The minimum Gasteiger partial charge on any atom is -0.409 e. The Morgan fingerprint density at radius 1 is 1.64 bits per heavy atom. The average molecular weight is 245 g/mol. The molecule has 8 heteroatoms. The molecule has 0 aromatic rings. The smallest absolute Gasteiger partial charge is 0.149 e. The summed E-state index contributed by atoms with van der Waals surface area (Å²) in [6, 6.07) is 0. The highest BCUT2D eigenvalue weighted by Gasteiger charge is 2.26. The SMILES string of the molecule is CO/N=C1/CNCC1/C(N)=N\O.Cl.Cl. The molecule has 1 saturated heterocycles. The molecule has 4 N–H and O–H groups in total. The second kappa shape index (κ2) is 7.66. The number of rotatable bonds is 2. The van der Waals surface area contributed by atoms with Crippen molar-refractivity contribution in [3.8, 4) is 0 Å². The molecule has 1 aliphatic heterocycles. The van der Waals surface area contributed by atoms with Gasteiger partial charge in [-0.2, -0.15) is 0 Å². The van der Waals surface area contributed by atoms with Crippen LogP contribution in [0.2, 0.25) is 0 Å². The quantitative estimate of drug-likeness (QED) is 0.272. The lowest BCUT2D eigenvalue weighted by Gasteiger charge is -2.05. The number of nitrogens with two attached hydrogens (primary N) is 1. The predicted molar refractivity (Wildman–Crippen MR) is 58.7 cm³/mol. The third-order valence-electron chi connectivity index (χ3n) is 1.74. The van der Waals surface area contributed by atoms with Gasteiger partial charge in [0.1, 0.15) is 12.9 Å². The van der Waals surface area contributed by atoms with E-state index >= 15 is 0 Å². The number of hydrogen-bond acceptors (Lipinski definition) is 5. The largest absolute Gasteiger partial charge is 0.409 e. The lowest BCUT2D eigenvalue weighted by atomic mass is 10.1. The molecule has 0 spiro atoms. The van der Waals surface area contributed by atoms with E-state index in [0.29, 0.717) is 13.1 Å². The molecule has 1 unspecified atom stereocenters. The van der Waals surface area contributed by atoms with Crippen molar-refractivity contribution in [3.05, 3.63) is 0 Å². The molecular weight excluding hydrogens is 231 g/mol. The summed E-state index contributed by atoms with van der Waals surface area (Å²) in [5.74, 6) is 0.0192. The van der Waals surface area contributed by atoms with Crippen LogP contribution >= 0.6 is 24.8 Å². The van der Waals surface area contributed by atoms with E-state index in [2.05, 4.69) is 20.5 Å². The van der Waals surface area contributed by atoms with Gasteiger partial charge < -0.3 is 21.1 Å². The Bertz CT molecular complexity index is 222. The third-order valence-corrected chi connectivity index (χ3v) is 1.74. The standard InChI is InChI=1S/C6H12N4O2.2ClH/c1-12-10-5-3-8-2-4(5)6(7)9-11;;/h4,8,11H,2-3H2,1H3,(H2,7,9);2*1H/b10-5-;;. The summed E-state index contributed by atoms with van der Waals surface area (Å²) in [6.45, 7) is 1.26. The van der Waals surface area contributed by atoms with Gasteiger partial charge in [0.05, 0.1) is 11.6 Å². The van der Waals surface area contributed by atoms with Gasteiger partial charge in [-0.05, 0) is 0 Å². The Labute approximate surface area is 94.4 Å². The maximum atomic E-state index is 8.42. The Morgan fingerprint density at radius 2 is 2.29 bits per heavy atom. The summed E-state index contributed by atoms with van der Waals surface area (Å²) < 4.78 is 0. The van der Waals surface area contributed by atoms with Crippen LogP contribution < -0.4 is 11.1 Å². The summed E-state index contributed by atoms with van der Waals surface area (Å²) >= 11 is 0. The molecule has 6 nitrogen and oxygen atoms in total. The fourth-order valence-electron chi connectivity index (χ4n) is 1.14. The molecule has 84 valence electrons. The van der Waals surface area contributed by atoms with Crippen molar-refractivity contribution in [1.82, 2.24) is 5.32 Å². The summed E-state index contributed by atoms with van der Waals surface area (Å²) in [5.41, 5.74) is 6.18. The molecule has 1 atom stereocenters. The molecule has 0 amide bonds. The molecule has 14 heavy (non-hydrogen) atoms. The van der Waals surface area contributed by atoms with E-state index in [1.165, 1.54) is 7.11 Å². The summed E-state index contributed by atoms with van der Waals surface area (Å²) in [6.07, 6.45) is 0. The van der Waals surface area contributed by atoms with Gasteiger partial charge in [-0.15, -0.1) is 24.8 Å². The zero-order valence-corrected chi connectivity index (χ0v) is 9.27. The molecule has 0 aromatic carbocycles. The van der Waals surface area contributed by atoms with Gasteiger partial charge in [0.2, 0.25) is 0 Å². The number of amidine groups is 1. The van der Waals surface area contributed by atoms with E-state index in [1.54, 1.807) is 0 Å². The number of oxime groups is 2. The normalized spacial score (nSPS) is 23.9. The lowest BCUT2D eigenvalue weighted by Crippen LogP contribution is -2.30. The maximum absolute atomic E-state index is 8.42. The van der Waals surface area contributed by atoms with Crippen molar-refractivity contribution < 1.29 is 10.0 Å². The van der Waals surface area contributed by atoms with Gasteiger partial charge in [0.15, 0.2) is 0 Å². The second-order valence-electron chi connectivity index (χ2n) is 2.47. The number of hydrogen-bond donors (Lipinski definition) is 3. The summed E-state index contributed by atoms with van der Waals surface area (Å²) in [5, 5.41) is 18.1. The highest BCUT2D eigenvalue weighted by atomic mass is 35.5.